The molecule has 0 aliphatic heterocycles. The van der Waals surface area contributed by atoms with Crippen LogP contribution < -0.4 is 15.4 Å². The second kappa shape index (κ2) is 10.5. The van der Waals surface area contributed by atoms with Crippen LogP contribution in [-0.2, 0) is 11.3 Å². The van der Waals surface area contributed by atoms with Crippen LogP contribution >= 0.6 is 0 Å². The first kappa shape index (κ1) is 17.9. The van der Waals surface area contributed by atoms with Crippen LogP contribution in [0.25, 0.3) is 0 Å². The number of aliphatic imine (C=N–C) groups is 1. The predicted octanol–water partition coefficient (Wildman–Crippen LogP) is 1.71. The van der Waals surface area contributed by atoms with Crippen molar-refractivity contribution in [2.75, 3.05) is 33.9 Å². The lowest BCUT2D eigenvalue weighted by atomic mass is 10.1. The van der Waals surface area contributed by atoms with Gasteiger partial charge in [0.1, 0.15) is 5.75 Å². The Bertz CT molecular complexity index is 521. The fourth-order valence-corrected chi connectivity index (χ4v) is 1.86. The van der Waals surface area contributed by atoms with Crippen LogP contribution in [0.15, 0.2) is 23.2 Å². The summed E-state index contributed by atoms with van der Waals surface area (Å²) in [6.45, 7) is 4.43. The molecule has 0 radical (unpaired) electrons. The van der Waals surface area contributed by atoms with Crippen molar-refractivity contribution in [1.29, 1.82) is 0 Å². The van der Waals surface area contributed by atoms with E-state index in [9.17, 15) is 0 Å². The van der Waals surface area contributed by atoms with Crippen LogP contribution in [0.2, 0.25) is 0 Å². The molecule has 0 spiro atoms. The average Bonchev–Trinajstić information content (AvgIpc) is 2.53. The van der Waals surface area contributed by atoms with Gasteiger partial charge in [-0.1, -0.05) is 18.1 Å². The molecule has 0 saturated heterocycles. The van der Waals surface area contributed by atoms with Crippen molar-refractivity contribution in [3.05, 3.63) is 29.3 Å². The average molecular weight is 303 g/mol. The summed E-state index contributed by atoms with van der Waals surface area (Å²) < 4.78 is 10.9. The normalized spacial score (nSPS) is 10.9. The summed E-state index contributed by atoms with van der Waals surface area (Å²) in [5, 5.41) is 6.25. The zero-order chi connectivity index (χ0) is 16.2. The second-order valence-corrected chi connectivity index (χ2v) is 4.79. The first-order chi connectivity index (χ1) is 10.7. The highest BCUT2D eigenvalue weighted by Gasteiger charge is 2.05. The van der Waals surface area contributed by atoms with Gasteiger partial charge >= 0.3 is 0 Å². The van der Waals surface area contributed by atoms with E-state index in [-0.39, 0.29) is 0 Å². The van der Waals surface area contributed by atoms with E-state index in [1.165, 1.54) is 5.56 Å². The van der Waals surface area contributed by atoms with Crippen molar-refractivity contribution >= 4 is 5.96 Å². The van der Waals surface area contributed by atoms with Gasteiger partial charge in [-0.3, -0.25) is 4.99 Å². The van der Waals surface area contributed by atoms with E-state index in [1.54, 1.807) is 14.2 Å². The van der Waals surface area contributed by atoms with E-state index in [0.29, 0.717) is 32.3 Å². The van der Waals surface area contributed by atoms with Crippen molar-refractivity contribution in [3.8, 4) is 18.1 Å². The molecule has 0 aliphatic rings. The van der Waals surface area contributed by atoms with E-state index in [0.717, 1.165) is 17.7 Å². The number of nitrogens with one attached hydrogen (secondary N) is 2. The Hall–Kier alpha value is -2.19. The van der Waals surface area contributed by atoms with Crippen LogP contribution in [0.5, 0.6) is 5.75 Å². The highest BCUT2D eigenvalue weighted by molar-refractivity contribution is 5.79. The number of guanidine groups is 1. The van der Waals surface area contributed by atoms with Crippen molar-refractivity contribution < 1.29 is 9.47 Å². The molecule has 5 heteroatoms. The topological polar surface area (TPSA) is 54.9 Å². The van der Waals surface area contributed by atoms with Gasteiger partial charge in [-0.05, 0) is 18.6 Å². The molecule has 1 rings (SSSR count). The standard InChI is InChI=1S/C17H25N3O2/c1-5-9-19-17(18-3)20-13-15-8-7-14(2)12-16(15)22-11-6-10-21-4/h1,7-8,12H,6,9-11,13H2,2-4H3,(H2,18,19,20). The summed E-state index contributed by atoms with van der Waals surface area (Å²) in [7, 11) is 3.40. The Morgan fingerprint density at radius 1 is 1.32 bits per heavy atom. The number of aryl methyl sites for hydroxylation is 1. The maximum Gasteiger partial charge on any atom is 0.192 e. The molecule has 120 valence electrons. The number of hydrogen-bond acceptors (Lipinski definition) is 3. The number of nitrogens with zero attached hydrogens (tertiary/aromatic N) is 1. The third-order valence-corrected chi connectivity index (χ3v) is 3.00. The summed E-state index contributed by atoms with van der Waals surface area (Å²) >= 11 is 0. The lowest BCUT2D eigenvalue weighted by Gasteiger charge is -2.15. The minimum absolute atomic E-state index is 0.438. The van der Waals surface area contributed by atoms with Crippen molar-refractivity contribution in [2.24, 2.45) is 4.99 Å². The number of benzene rings is 1. The Morgan fingerprint density at radius 3 is 2.82 bits per heavy atom. The van der Waals surface area contributed by atoms with Crippen LogP contribution in [0.4, 0.5) is 0 Å². The molecule has 22 heavy (non-hydrogen) atoms. The third-order valence-electron chi connectivity index (χ3n) is 3.00. The first-order valence-corrected chi connectivity index (χ1v) is 7.30. The van der Waals surface area contributed by atoms with Gasteiger partial charge in [0, 0.05) is 39.3 Å². The summed E-state index contributed by atoms with van der Waals surface area (Å²) in [6, 6.07) is 6.17. The molecule has 0 aliphatic carbocycles. The van der Waals surface area contributed by atoms with Gasteiger partial charge < -0.3 is 20.1 Å². The van der Waals surface area contributed by atoms with Crippen LogP contribution in [0.3, 0.4) is 0 Å². The molecule has 0 aromatic heterocycles. The van der Waals surface area contributed by atoms with Gasteiger partial charge in [0.2, 0.25) is 0 Å². The lowest BCUT2D eigenvalue weighted by Crippen LogP contribution is -2.37. The fourth-order valence-electron chi connectivity index (χ4n) is 1.86. The SMILES string of the molecule is C#CCNC(=NC)NCc1ccc(C)cc1OCCCOC. The Kier molecular flexibility index (Phi) is 8.54. The zero-order valence-corrected chi connectivity index (χ0v) is 13.6. The summed E-state index contributed by atoms with van der Waals surface area (Å²) in [5.41, 5.74) is 2.24. The van der Waals surface area contributed by atoms with Gasteiger partial charge in [-0.15, -0.1) is 6.42 Å². The molecule has 0 unspecified atom stereocenters. The Labute approximate surface area is 133 Å². The molecule has 0 atom stereocenters. The minimum Gasteiger partial charge on any atom is -0.493 e. The molecule has 5 nitrogen and oxygen atoms in total. The Morgan fingerprint density at radius 2 is 2.14 bits per heavy atom. The highest BCUT2D eigenvalue weighted by Crippen LogP contribution is 2.20. The van der Waals surface area contributed by atoms with E-state index < -0.39 is 0 Å². The van der Waals surface area contributed by atoms with Crippen molar-refractivity contribution in [1.82, 2.24) is 10.6 Å². The predicted molar refractivity (Wildman–Crippen MR) is 90.2 cm³/mol. The summed E-state index contributed by atoms with van der Waals surface area (Å²) in [6.07, 6.45) is 6.10. The van der Waals surface area contributed by atoms with Gasteiger partial charge in [-0.25, -0.2) is 0 Å². The highest BCUT2D eigenvalue weighted by atomic mass is 16.5. The maximum atomic E-state index is 5.85. The molecular formula is C17H25N3O2. The number of methoxy groups -OCH3 is 1. The summed E-state index contributed by atoms with van der Waals surface area (Å²) in [5.74, 6) is 4.08. The van der Waals surface area contributed by atoms with Crippen molar-refractivity contribution in [2.45, 2.75) is 19.9 Å². The maximum absolute atomic E-state index is 5.85. The summed E-state index contributed by atoms with van der Waals surface area (Å²) in [4.78, 5) is 4.12. The number of terminal acetylenes is 1. The molecule has 1 aromatic rings. The van der Waals surface area contributed by atoms with Gasteiger partial charge in [0.05, 0.1) is 13.2 Å². The minimum atomic E-state index is 0.438. The lowest BCUT2D eigenvalue weighted by molar-refractivity contribution is 0.172. The number of hydrogen-bond donors (Lipinski definition) is 2. The van der Waals surface area contributed by atoms with E-state index in [2.05, 4.69) is 33.7 Å². The number of ether oxygens (including phenoxy) is 2. The molecule has 0 fully saturated rings. The third kappa shape index (κ3) is 6.51. The molecular weight excluding hydrogens is 278 g/mol. The monoisotopic (exact) mass is 303 g/mol. The second-order valence-electron chi connectivity index (χ2n) is 4.79. The van der Waals surface area contributed by atoms with Crippen LogP contribution in [0, 0.1) is 19.3 Å². The fraction of sp³-hybridized carbons (Fsp3) is 0.471. The molecule has 2 N–H and O–H groups in total. The zero-order valence-electron chi connectivity index (χ0n) is 13.6. The van der Waals surface area contributed by atoms with E-state index in [1.807, 2.05) is 13.0 Å². The van der Waals surface area contributed by atoms with E-state index >= 15 is 0 Å². The molecule has 0 heterocycles. The van der Waals surface area contributed by atoms with Crippen LogP contribution in [-0.4, -0.2) is 39.9 Å². The van der Waals surface area contributed by atoms with Crippen molar-refractivity contribution in [3.63, 3.8) is 0 Å². The van der Waals surface area contributed by atoms with Crippen LogP contribution in [0.1, 0.15) is 17.5 Å². The van der Waals surface area contributed by atoms with Gasteiger partial charge in [0.25, 0.3) is 0 Å². The quantitative estimate of drug-likeness (QED) is 0.332. The molecule has 0 amide bonds. The van der Waals surface area contributed by atoms with E-state index in [4.69, 9.17) is 15.9 Å². The molecule has 0 bridgehead atoms. The largest absolute Gasteiger partial charge is 0.493 e. The van der Waals surface area contributed by atoms with Gasteiger partial charge in [-0.2, -0.15) is 0 Å². The Balaban J connectivity index is 2.63. The molecule has 0 saturated carbocycles. The number of rotatable bonds is 8. The molecule has 1 aromatic carbocycles. The smallest absolute Gasteiger partial charge is 0.192 e. The van der Waals surface area contributed by atoms with Gasteiger partial charge in [0.15, 0.2) is 5.96 Å². The first-order valence-electron chi connectivity index (χ1n) is 7.30.